The molecule has 33 heavy (non-hydrogen) atoms. The van der Waals surface area contributed by atoms with Gasteiger partial charge in [-0.15, -0.1) is 0 Å². The van der Waals surface area contributed by atoms with Gasteiger partial charge >= 0.3 is 204 Å². The normalized spacial score (nSPS) is 13.0. The number of esters is 2. The van der Waals surface area contributed by atoms with Gasteiger partial charge in [-0.2, -0.15) is 0 Å². The van der Waals surface area contributed by atoms with Gasteiger partial charge in [0.1, 0.15) is 0 Å². The summed E-state index contributed by atoms with van der Waals surface area (Å²) in [6, 6.07) is 3.79. The molecule has 0 saturated carbocycles. The van der Waals surface area contributed by atoms with Crippen molar-refractivity contribution in [2.75, 3.05) is 25.7 Å². The van der Waals surface area contributed by atoms with Crippen molar-refractivity contribution in [3.05, 3.63) is 24.3 Å². The van der Waals surface area contributed by atoms with Crippen molar-refractivity contribution < 1.29 is 41.6 Å². The Morgan fingerprint density at radius 2 is 1.30 bits per heavy atom. The van der Waals surface area contributed by atoms with Crippen LogP contribution < -0.4 is 15.0 Å². The number of hydrogen-bond acceptors (Lipinski definition) is 10. The summed E-state index contributed by atoms with van der Waals surface area (Å²) in [4.78, 5) is 46.7. The van der Waals surface area contributed by atoms with Crippen molar-refractivity contribution in [1.82, 2.24) is 10.6 Å². The van der Waals surface area contributed by atoms with Crippen molar-refractivity contribution in [1.29, 1.82) is 0 Å². The van der Waals surface area contributed by atoms with Crippen LogP contribution >= 0.6 is 20.0 Å². The van der Waals surface area contributed by atoms with E-state index in [0.717, 1.165) is 4.35 Å². The molecule has 3 N–H and O–H groups in total. The summed E-state index contributed by atoms with van der Waals surface area (Å²) in [5, 5.41) is 5.04. The van der Waals surface area contributed by atoms with Gasteiger partial charge in [0.25, 0.3) is 0 Å². The van der Waals surface area contributed by atoms with E-state index in [2.05, 4.69) is 10.6 Å². The predicted molar refractivity (Wildman–Crippen MR) is 126 cm³/mol. The molecule has 1 rings (SSSR count). The predicted octanol–water partition coefficient (Wildman–Crippen LogP) is -0.550. The number of nitrogens with one attached hydrogen (secondary N) is 2. The molecular formula is C18H25AsN2O9S3. The molecule has 0 aliphatic carbocycles. The maximum atomic E-state index is 12.0. The van der Waals surface area contributed by atoms with Crippen LogP contribution in [-0.2, 0) is 38.8 Å². The van der Waals surface area contributed by atoms with Gasteiger partial charge in [0, 0.05) is 0 Å². The second-order valence-corrected chi connectivity index (χ2v) is 19.4. The minimum absolute atomic E-state index is 0.169. The van der Waals surface area contributed by atoms with Crippen LogP contribution in [-0.4, -0.2) is 86.9 Å². The minimum atomic E-state index is -4.37. The van der Waals surface area contributed by atoms with Gasteiger partial charge in [0.05, 0.1) is 0 Å². The number of rotatable bonds is 12. The van der Waals surface area contributed by atoms with E-state index in [9.17, 15) is 32.1 Å². The maximum absolute atomic E-state index is 12.0. The zero-order valence-electron chi connectivity index (χ0n) is 18.3. The molecule has 15 heteroatoms. The molecule has 11 nitrogen and oxygen atoms in total. The van der Waals surface area contributed by atoms with E-state index >= 15 is 0 Å². The first kappa shape index (κ1) is 29.3. The Balaban J connectivity index is 3.13. The molecule has 2 atom stereocenters. The second kappa shape index (κ2) is 13.8. The number of carbonyl (C=O) groups is 4. The number of carbonyl (C=O) groups excluding carboxylic acids is 4. The Morgan fingerprint density at radius 1 is 0.909 bits per heavy atom. The number of benzene rings is 1. The Labute approximate surface area is 203 Å². The summed E-state index contributed by atoms with van der Waals surface area (Å²) < 4.78 is 42.1. The quantitative estimate of drug-likeness (QED) is 0.164. The van der Waals surface area contributed by atoms with Crippen molar-refractivity contribution in [2.24, 2.45) is 0 Å². The fourth-order valence-corrected chi connectivity index (χ4v) is 15.3. The molecule has 0 saturated heterocycles. The SMILES string of the molecule is COC(=O)[C@H](CS[As](SC[C@H](NC(C)=O)C(=O)OC)c1ccc(S(=O)(=O)O)cc1)NC(C)=O. The molecule has 0 unspecified atom stereocenters. The van der Waals surface area contributed by atoms with E-state index < -0.39 is 58.3 Å². The summed E-state index contributed by atoms with van der Waals surface area (Å²) in [7, 11) is 0.795. The summed E-state index contributed by atoms with van der Waals surface area (Å²) in [5.41, 5.74) is 0. The third-order valence-electron chi connectivity index (χ3n) is 3.79. The second-order valence-electron chi connectivity index (χ2n) is 6.37. The van der Waals surface area contributed by atoms with Gasteiger partial charge in [-0.25, -0.2) is 0 Å². The van der Waals surface area contributed by atoms with Gasteiger partial charge in [-0.05, 0) is 0 Å². The van der Waals surface area contributed by atoms with Crippen LogP contribution in [0.15, 0.2) is 29.2 Å². The molecule has 0 radical (unpaired) electrons. The first-order chi connectivity index (χ1) is 15.4. The molecule has 0 fully saturated rings. The van der Waals surface area contributed by atoms with Crippen molar-refractivity contribution in [3.63, 3.8) is 0 Å². The van der Waals surface area contributed by atoms with Crippen LogP contribution in [0.4, 0.5) is 0 Å². The van der Waals surface area contributed by atoms with Gasteiger partial charge in [-0.3, -0.25) is 0 Å². The van der Waals surface area contributed by atoms with Crippen LogP contribution in [0, 0.1) is 0 Å². The molecule has 1 aromatic rings. The Bertz CT molecular complexity index is 917. The fraction of sp³-hybridized carbons (Fsp3) is 0.444. The van der Waals surface area contributed by atoms with Gasteiger partial charge in [0.2, 0.25) is 0 Å². The Kier molecular flexibility index (Phi) is 12.3. The molecule has 0 bridgehead atoms. The van der Waals surface area contributed by atoms with E-state index in [1.807, 2.05) is 0 Å². The Morgan fingerprint density at radius 3 is 1.61 bits per heavy atom. The average molecular weight is 585 g/mol. The summed E-state index contributed by atoms with van der Waals surface area (Å²) in [6.07, 6.45) is 0. The van der Waals surface area contributed by atoms with Crippen molar-refractivity contribution >= 4 is 70.6 Å². The number of amides is 2. The molecule has 0 spiro atoms. The third-order valence-corrected chi connectivity index (χ3v) is 17.9. The number of methoxy groups -OCH3 is 2. The van der Waals surface area contributed by atoms with Crippen LogP contribution in [0.5, 0.6) is 0 Å². The topological polar surface area (TPSA) is 165 Å². The van der Waals surface area contributed by atoms with Crippen LogP contribution in [0.2, 0.25) is 0 Å². The summed E-state index contributed by atoms with van der Waals surface area (Å²) in [5.74, 6) is -1.73. The van der Waals surface area contributed by atoms with Crippen molar-refractivity contribution in [3.8, 4) is 0 Å². The molecule has 184 valence electrons. The van der Waals surface area contributed by atoms with E-state index in [4.69, 9.17) is 9.47 Å². The molecule has 0 aromatic heterocycles. The molecule has 0 heterocycles. The number of ether oxygens (including phenoxy) is 2. The first-order valence-electron chi connectivity index (χ1n) is 9.22. The van der Waals surface area contributed by atoms with E-state index in [-0.39, 0.29) is 16.4 Å². The molecule has 0 aliphatic heterocycles. The summed E-state index contributed by atoms with van der Waals surface area (Å²) in [6.45, 7) is 2.54. The average Bonchev–Trinajstić information content (AvgIpc) is 2.75. The van der Waals surface area contributed by atoms with E-state index in [0.29, 0.717) is 0 Å². The van der Waals surface area contributed by atoms with Crippen LogP contribution in [0.3, 0.4) is 0 Å². The fourth-order valence-electron chi connectivity index (χ4n) is 2.32. The van der Waals surface area contributed by atoms with Crippen LogP contribution in [0.1, 0.15) is 13.8 Å². The monoisotopic (exact) mass is 584 g/mol. The van der Waals surface area contributed by atoms with Crippen LogP contribution in [0.25, 0.3) is 0 Å². The van der Waals surface area contributed by atoms with E-state index in [1.165, 1.54) is 60.2 Å². The zero-order chi connectivity index (χ0) is 25.2. The molecule has 0 aliphatic rings. The van der Waals surface area contributed by atoms with Crippen molar-refractivity contribution in [2.45, 2.75) is 30.8 Å². The van der Waals surface area contributed by atoms with Gasteiger partial charge in [0.15, 0.2) is 0 Å². The molecular weight excluding hydrogens is 559 g/mol. The molecule has 2 amide bonds. The van der Waals surface area contributed by atoms with E-state index in [1.54, 1.807) is 12.1 Å². The third kappa shape index (κ3) is 10.4. The van der Waals surface area contributed by atoms with Gasteiger partial charge < -0.3 is 0 Å². The molecule has 1 aromatic carbocycles. The Hall–Kier alpha value is -1.73. The zero-order valence-corrected chi connectivity index (χ0v) is 22.6. The standard InChI is InChI=1S/C18H25AsN2O9S3/c1-11(22)20-15(17(24)29-3)9-31-19(13-5-7-14(8-6-13)33(26,27)28)32-10-16(18(25)30-4)21-12(2)23/h5-8,15-16H,9-10H2,1-4H3,(H,20,22)(H,21,23)(H,26,27,28)/t15-,16-/m0/s1. The number of hydrogen-bond donors (Lipinski definition) is 3. The van der Waals surface area contributed by atoms with Gasteiger partial charge in [-0.1, -0.05) is 0 Å². The first-order valence-corrected chi connectivity index (χ1v) is 18.1. The summed E-state index contributed by atoms with van der Waals surface area (Å²) >= 11 is -2.22.